The number of amides is 1. The van der Waals surface area contributed by atoms with Gasteiger partial charge in [-0.05, 0) is 37.9 Å². The number of carbonyl (C=O) groups is 1. The SMILES string of the molecule is CCCN(Cc1ccccc1)C(=O)c1cn(C2CCNCC2)nn1. The molecule has 0 unspecified atom stereocenters. The summed E-state index contributed by atoms with van der Waals surface area (Å²) in [6.07, 6.45) is 4.78. The minimum absolute atomic E-state index is 0.0408. The molecule has 128 valence electrons. The van der Waals surface area contributed by atoms with Crippen LogP contribution in [0.5, 0.6) is 0 Å². The summed E-state index contributed by atoms with van der Waals surface area (Å²) in [7, 11) is 0. The highest BCUT2D eigenvalue weighted by Crippen LogP contribution is 2.18. The van der Waals surface area contributed by atoms with E-state index in [0.29, 0.717) is 24.8 Å². The van der Waals surface area contributed by atoms with Crippen LogP contribution >= 0.6 is 0 Å². The standard InChI is InChI=1S/C18H25N5O/c1-2-12-22(13-15-6-4-3-5-7-15)18(24)17-14-23(21-20-17)16-8-10-19-11-9-16/h3-7,14,16,19H,2,8-13H2,1H3. The van der Waals surface area contributed by atoms with Gasteiger partial charge in [0.05, 0.1) is 12.2 Å². The smallest absolute Gasteiger partial charge is 0.276 e. The van der Waals surface area contributed by atoms with Crippen LogP contribution in [-0.2, 0) is 6.54 Å². The Balaban J connectivity index is 1.71. The average Bonchev–Trinajstić information content (AvgIpc) is 3.12. The predicted molar refractivity (Wildman–Crippen MR) is 92.6 cm³/mol. The number of carbonyl (C=O) groups excluding carboxylic acids is 1. The van der Waals surface area contributed by atoms with Gasteiger partial charge in [0, 0.05) is 13.1 Å². The van der Waals surface area contributed by atoms with E-state index in [1.54, 1.807) is 0 Å². The van der Waals surface area contributed by atoms with Crippen molar-refractivity contribution in [2.45, 2.75) is 38.8 Å². The molecule has 1 aliphatic rings. The molecular formula is C18H25N5O. The highest BCUT2D eigenvalue weighted by molar-refractivity contribution is 5.91. The largest absolute Gasteiger partial charge is 0.333 e. The average molecular weight is 327 g/mol. The molecule has 3 rings (SSSR count). The fourth-order valence-electron chi connectivity index (χ4n) is 3.11. The summed E-state index contributed by atoms with van der Waals surface area (Å²) >= 11 is 0. The Labute approximate surface area is 142 Å². The molecule has 1 aromatic heterocycles. The summed E-state index contributed by atoms with van der Waals surface area (Å²) in [6, 6.07) is 10.4. The maximum Gasteiger partial charge on any atom is 0.276 e. The molecule has 1 aliphatic heterocycles. The van der Waals surface area contributed by atoms with Crippen molar-refractivity contribution in [3.05, 3.63) is 47.8 Å². The maximum atomic E-state index is 12.8. The molecule has 1 fully saturated rings. The summed E-state index contributed by atoms with van der Waals surface area (Å²) in [5.74, 6) is -0.0408. The number of nitrogens with one attached hydrogen (secondary N) is 1. The van der Waals surface area contributed by atoms with Crippen LogP contribution in [0.2, 0.25) is 0 Å². The fraction of sp³-hybridized carbons (Fsp3) is 0.500. The van der Waals surface area contributed by atoms with Gasteiger partial charge >= 0.3 is 0 Å². The molecule has 1 saturated heterocycles. The summed E-state index contributed by atoms with van der Waals surface area (Å²) in [5, 5.41) is 11.7. The number of benzene rings is 1. The minimum Gasteiger partial charge on any atom is -0.333 e. The van der Waals surface area contributed by atoms with Gasteiger partial charge < -0.3 is 10.2 Å². The van der Waals surface area contributed by atoms with Gasteiger partial charge in [-0.15, -0.1) is 5.10 Å². The topological polar surface area (TPSA) is 63.1 Å². The van der Waals surface area contributed by atoms with Gasteiger partial charge in [-0.3, -0.25) is 4.79 Å². The molecule has 2 heterocycles. The molecule has 0 saturated carbocycles. The van der Waals surface area contributed by atoms with E-state index in [9.17, 15) is 4.79 Å². The number of hydrogen-bond acceptors (Lipinski definition) is 4. The molecule has 6 heteroatoms. The second kappa shape index (κ2) is 8.06. The van der Waals surface area contributed by atoms with Crippen LogP contribution < -0.4 is 5.32 Å². The number of piperidine rings is 1. The first-order valence-electron chi connectivity index (χ1n) is 8.73. The van der Waals surface area contributed by atoms with Gasteiger partial charge in [0.15, 0.2) is 5.69 Å². The van der Waals surface area contributed by atoms with E-state index < -0.39 is 0 Å². The Bertz CT molecular complexity index is 648. The van der Waals surface area contributed by atoms with Crippen molar-refractivity contribution >= 4 is 5.91 Å². The van der Waals surface area contributed by atoms with Gasteiger partial charge in [0.1, 0.15) is 0 Å². The first-order chi connectivity index (χ1) is 11.8. The number of nitrogens with zero attached hydrogens (tertiary/aromatic N) is 4. The maximum absolute atomic E-state index is 12.8. The zero-order chi connectivity index (χ0) is 16.8. The molecular weight excluding hydrogens is 302 g/mol. The Kier molecular flexibility index (Phi) is 5.59. The molecule has 6 nitrogen and oxygen atoms in total. The molecule has 0 bridgehead atoms. The van der Waals surface area contributed by atoms with Crippen LogP contribution in [0.15, 0.2) is 36.5 Å². The lowest BCUT2D eigenvalue weighted by molar-refractivity contribution is 0.0737. The van der Waals surface area contributed by atoms with Crippen molar-refractivity contribution in [1.82, 2.24) is 25.2 Å². The van der Waals surface area contributed by atoms with E-state index in [1.165, 1.54) is 0 Å². The van der Waals surface area contributed by atoms with E-state index in [4.69, 9.17) is 0 Å². The van der Waals surface area contributed by atoms with Gasteiger partial charge in [-0.25, -0.2) is 4.68 Å². The van der Waals surface area contributed by atoms with Crippen LogP contribution in [0.25, 0.3) is 0 Å². The minimum atomic E-state index is -0.0408. The second-order valence-electron chi connectivity index (χ2n) is 6.28. The lowest BCUT2D eigenvalue weighted by Gasteiger charge is -2.22. The lowest BCUT2D eigenvalue weighted by Crippen LogP contribution is -2.31. The third kappa shape index (κ3) is 4.00. The van der Waals surface area contributed by atoms with E-state index in [1.807, 2.05) is 46.1 Å². The normalized spacial score (nSPS) is 15.4. The predicted octanol–water partition coefficient (Wildman–Crippen LogP) is 2.25. The zero-order valence-electron chi connectivity index (χ0n) is 14.2. The Morgan fingerprint density at radius 3 is 2.75 bits per heavy atom. The van der Waals surface area contributed by atoms with Crippen molar-refractivity contribution < 1.29 is 4.79 Å². The summed E-state index contributed by atoms with van der Waals surface area (Å²) < 4.78 is 1.86. The monoisotopic (exact) mass is 327 g/mol. The van der Waals surface area contributed by atoms with E-state index in [-0.39, 0.29) is 5.91 Å². The number of rotatable bonds is 6. The van der Waals surface area contributed by atoms with Crippen molar-refractivity contribution in [2.24, 2.45) is 0 Å². The zero-order valence-corrected chi connectivity index (χ0v) is 14.2. The van der Waals surface area contributed by atoms with Crippen LogP contribution in [0, 0.1) is 0 Å². The lowest BCUT2D eigenvalue weighted by atomic mass is 10.1. The molecule has 1 N–H and O–H groups in total. The third-order valence-corrected chi connectivity index (χ3v) is 4.41. The van der Waals surface area contributed by atoms with E-state index in [0.717, 1.165) is 37.9 Å². The Morgan fingerprint density at radius 2 is 2.04 bits per heavy atom. The van der Waals surface area contributed by atoms with Crippen molar-refractivity contribution in [2.75, 3.05) is 19.6 Å². The van der Waals surface area contributed by atoms with Gasteiger partial charge in [-0.2, -0.15) is 0 Å². The summed E-state index contributed by atoms with van der Waals surface area (Å²) in [5.41, 5.74) is 1.57. The highest BCUT2D eigenvalue weighted by atomic mass is 16.2. The Morgan fingerprint density at radius 1 is 1.29 bits per heavy atom. The molecule has 0 atom stereocenters. The second-order valence-corrected chi connectivity index (χ2v) is 6.28. The molecule has 24 heavy (non-hydrogen) atoms. The van der Waals surface area contributed by atoms with Crippen LogP contribution in [0.4, 0.5) is 0 Å². The molecule has 0 spiro atoms. The van der Waals surface area contributed by atoms with Crippen molar-refractivity contribution in [3.8, 4) is 0 Å². The first kappa shape index (κ1) is 16.6. The molecule has 0 radical (unpaired) electrons. The number of hydrogen-bond donors (Lipinski definition) is 1. The molecule has 0 aliphatic carbocycles. The van der Waals surface area contributed by atoms with Crippen LogP contribution in [-0.4, -0.2) is 45.4 Å². The van der Waals surface area contributed by atoms with Crippen molar-refractivity contribution in [3.63, 3.8) is 0 Å². The Hall–Kier alpha value is -2.21. The van der Waals surface area contributed by atoms with Crippen molar-refractivity contribution in [1.29, 1.82) is 0 Å². The molecule has 2 aromatic rings. The number of aromatic nitrogens is 3. The van der Waals surface area contributed by atoms with Gasteiger partial charge in [0.25, 0.3) is 5.91 Å². The van der Waals surface area contributed by atoms with E-state index >= 15 is 0 Å². The quantitative estimate of drug-likeness (QED) is 0.884. The van der Waals surface area contributed by atoms with Crippen LogP contribution in [0.3, 0.4) is 0 Å². The highest BCUT2D eigenvalue weighted by Gasteiger charge is 2.22. The molecule has 1 amide bonds. The van der Waals surface area contributed by atoms with E-state index in [2.05, 4.69) is 22.6 Å². The van der Waals surface area contributed by atoms with Gasteiger partial charge in [0.2, 0.25) is 0 Å². The van der Waals surface area contributed by atoms with Gasteiger partial charge in [-0.1, -0.05) is 42.5 Å². The first-order valence-corrected chi connectivity index (χ1v) is 8.73. The fourth-order valence-corrected chi connectivity index (χ4v) is 3.11. The molecule has 1 aromatic carbocycles. The van der Waals surface area contributed by atoms with Crippen LogP contribution in [0.1, 0.15) is 48.3 Å². The summed E-state index contributed by atoms with van der Waals surface area (Å²) in [6.45, 7) is 5.38. The summed E-state index contributed by atoms with van der Waals surface area (Å²) in [4.78, 5) is 14.7. The third-order valence-electron chi connectivity index (χ3n) is 4.41.